The highest BCUT2D eigenvalue weighted by molar-refractivity contribution is 5.57. The lowest BCUT2D eigenvalue weighted by atomic mass is 9.93. The van der Waals surface area contributed by atoms with Crippen molar-refractivity contribution in [1.29, 1.82) is 0 Å². The molecule has 18 heteroatoms. The molecule has 6 heterocycles. The largest absolute Gasteiger partial charge is 0.323 e. The molecule has 316 valence electrons. The van der Waals surface area contributed by atoms with Crippen molar-refractivity contribution in [2.45, 2.75) is 77.3 Å². The first-order valence-corrected chi connectivity index (χ1v) is 20.4. The second-order valence-electron chi connectivity index (χ2n) is 15.3. The third-order valence-corrected chi connectivity index (χ3v) is 10.9. The Balaban J connectivity index is 0.000000158. The predicted molar refractivity (Wildman–Crippen MR) is 223 cm³/mol. The maximum atomic E-state index is 14.6. The highest BCUT2D eigenvalue weighted by Crippen LogP contribution is 2.34. The number of hydrogen-bond donors (Lipinski definition) is 2. The number of halogens is 4. The summed E-state index contributed by atoms with van der Waals surface area (Å²) in [5.74, 6) is 2.34. The van der Waals surface area contributed by atoms with Gasteiger partial charge < -0.3 is 10.6 Å². The van der Waals surface area contributed by atoms with Crippen molar-refractivity contribution in [3.05, 3.63) is 155 Å². The molecule has 0 saturated carbocycles. The summed E-state index contributed by atoms with van der Waals surface area (Å²) >= 11 is 0. The maximum Gasteiger partial charge on any atom is 0.246 e. The lowest BCUT2D eigenvalue weighted by molar-refractivity contribution is 0.576. The van der Waals surface area contributed by atoms with Gasteiger partial charge in [0.2, 0.25) is 11.9 Å². The Labute approximate surface area is 353 Å². The highest BCUT2D eigenvalue weighted by Gasteiger charge is 2.26. The van der Waals surface area contributed by atoms with Crippen molar-refractivity contribution in [2.24, 2.45) is 0 Å². The number of aryl methyl sites for hydroxylation is 4. The number of rotatable bonds is 8. The van der Waals surface area contributed by atoms with E-state index in [1.807, 2.05) is 9.36 Å². The Hall–Kier alpha value is -7.24. The molecular weight excluding hydrogens is 801 g/mol. The van der Waals surface area contributed by atoms with E-state index in [2.05, 4.69) is 41.0 Å². The van der Waals surface area contributed by atoms with E-state index < -0.39 is 11.6 Å². The molecule has 0 unspecified atom stereocenters. The second kappa shape index (κ2) is 17.4. The minimum Gasteiger partial charge on any atom is -0.323 e. The number of fused-ring (bicyclic) bond motifs is 2. The molecule has 2 aliphatic heterocycles. The summed E-state index contributed by atoms with van der Waals surface area (Å²) < 4.78 is 62.6. The van der Waals surface area contributed by atoms with Crippen LogP contribution in [-0.2, 0) is 13.1 Å². The van der Waals surface area contributed by atoms with Crippen molar-refractivity contribution >= 4 is 23.3 Å². The van der Waals surface area contributed by atoms with Crippen molar-refractivity contribution in [3.63, 3.8) is 0 Å². The quantitative estimate of drug-likeness (QED) is 0.142. The number of aromatic nitrogens is 12. The van der Waals surface area contributed by atoms with Gasteiger partial charge >= 0.3 is 0 Å². The molecule has 62 heavy (non-hydrogen) atoms. The molecule has 2 aliphatic rings. The Bertz CT molecular complexity index is 2620. The van der Waals surface area contributed by atoms with Gasteiger partial charge in [0, 0.05) is 36.3 Å². The van der Waals surface area contributed by atoms with E-state index >= 15 is 0 Å². The monoisotopic (exact) mass is 842 g/mol. The average molecular weight is 843 g/mol. The summed E-state index contributed by atoms with van der Waals surface area (Å²) in [6.45, 7) is 5.03. The third kappa shape index (κ3) is 8.80. The molecule has 0 fully saturated rings. The van der Waals surface area contributed by atoms with Gasteiger partial charge in [-0.25, -0.2) is 46.3 Å². The second-order valence-corrected chi connectivity index (χ2v) is 15.3. The third-order valence-electron chi connectivity index (χ3n) is 10.9. The molecule has 10 rings (SSSR count). The SMILES string of the molecule is Cc1ncn(-c2ccc(Nc3nc4n(n3)CCCC[C@@H]4c3ccc(F)cc3)cc2F)n1.Cc1ncn(-c2ccc(Nc3nc4n(n3)CCCC[C@H]4c3ccc(F)cc3)cc2F)n1. The van der Waals surface area contributed by atoms with Gasteiger partial charge in [0.25, 0.3) is 0 Å². The molecule has 0 spiro atoms. The topological polar surface area (TPSA) is 147 Å². The summed E-state index contributed by atoms with van der Waals surface area (Å²) in [7, 11) is 0. The first kappa shape index (κ1) is 40.2. The van der Waals surface area contributed by atoms with Crippen LogP contribution in [0.5, 0.6) is 0 Å². The van der Waals surface area contributed by atoms with Crippen LogP contribution in [0.1, 0.15) is 84.8 Å². The molecule has 0 aliphatic carbocycles. The van der Waals surface area contributed by atoms with Crippen LogP contribution in [0.25, 0.3) is 11.4 Å². The zero-order valence-corrected chi connectivity index (χ0v) is 33.9. The van der Waals surface area contributed by atoms with Gasteiger partial charge in [-0.2, -0.15) is 20.2 Å². The average Bonchev–Trinajstić information content (AvgIpc) is 4.03. The smallest absolute Gasteiger partial charge is 0.246 e. The molecular formula is C44H42F4N14. The van der Waals surface area contributed by atoms with Crippen LogP contribution in [0.3, 0.4) is 0 Å². The van der Waals surface area contributed by atoms with Crippen LogP contribution >= 0.6 is 0 Å². The molecule has 0 radical (unpaired) electrons. The lowest BCUT2D eigenvalue weighted by Crippen LogP contribution is -2.08. The highest BCUT2D eigenvalue weighted by atomic mass is 19.1. The van der Waals surface area contributed by atoms with Crippen LogP contribution < -0.4 is 10.6 Å². The zero-order chi connectivity index (χ0) is 42.7. The van der Waals surface area contributed by atoms with Gasteiger partial charge in [-0.15, -0.1) is 10.2 Å². The first-order chi connectivity index (χ1) is 30.1. The molecule has 0 bridgehead atoms. The van der Waals surface area contributed by atoms with E-state index in [0.717, 1.165) is 74.4 Å². The van der Waals surface area contributed by atoms with Crippen molar-refractivity contribution in [2.75, 3.05) is 10.6 Å². The van der Waals surface area contributed by atoms with Gasteiger partial charge in [0.1, 0.15) is 59.0 Å². The van der Waals surface area contributed by atoms with E-state index in [4.69, 9.17) is 9.97 Å². The van der Waals surface area contributed by atoms with Crippen LogP contribution in [0, 0.1) is 37.1 Å². The summed E-state index contributed by atoms with van der Waals surface area (Å²) in [5, 5.41) is 23.7. The van der Waals surface area contributed by atoms with Gasteiger partial charge in [-0.3, -0.25) is 0 Å². The first-order valence-electron chi connectivity index (χ1n) is 20.4. The van der Waals surface area contributed by atoms with Gasteiger partial charge in [0.15, 0.2) is 11.6 Å². The Morgan fingerprint density at radius 3 is 1.31 bits per heavy atom. The van der Waals surface area contributed by atoms with E-state index in [0.29, 0.717) is 46.3 Å². The minimum atomic E-state index is -0.431. The molecule has 2 N–H and O–H groups in total. The number of hydrogen-bond acceptors (Lipinski definition) is 10. The fraction of sp³-hybridized carbons (Fsp3) is 0.273. The molecule has 4 aromatic carbocycles. The minimum absolute atomic E-state index is 0.0424. The maximum absolute atomic E-state index is 14.6. The normalized spacial score (nSPS) is 16.0. The molecule has 14 nitrogen and oxygen atoms in total. The fourth-order valence-corrected chi connectivity index (χ4v) is 7.88. The molecule has 4 aromatic heterocycles. The number of nitrogens with one attached hydrogen (secondary N) is 2. The van der Waals surface area contributed by atoms with Gasteiger partial charge in [0.05, 0.1) is 0 Å². The molecule has 8 aromatic rings. The standard InChI is InChI=1S/2C22H21F2N7/c2*1-14-25-13-31(28-14)20-10-9-17(12-19(20)24)26-22-27-21-18(4-2-3-11-30(21)29-22)15-5-7-16(23)8-6-15/h2*5-10,12-13,18H,2-4,11H2,1H3,(H,26,29)/t2*18-/m10/s1. The van der Waals surface area contributed by atoms with Crippen LogP contribution in [0.2, 0.25) is 0 Å². The summed E-state index contributed by atoms with van der Waals surface area (Å²) in [6, 6.07) is 22.6. The molecule has 0 saturated heterocycles. The Morgan fingerprint density at radius 2 is 0.935 bits per heavy atom. The van der Waals surface area contributed by atoms with Gasteiger partial charge in [-0.05, 0) is 111 Å². The summed E-state index contributed by atoms with van der Waals surface area (Å²) in [4.78, 5) is 17.5. The van der Waals surface area contributed by atoms with E-state index in [1.165, 1.54) is 58.4 Å². The van der Waals surface area contributed by atoms with Crippen LogP contribution in [0.15, 0.2) is 97.6 Å². The number of benzene rings is 4. The van der Waals surface area contributed by atoms with E-state index in [1.54, 1.807) is 62.4 Å². The number of anilines is 4. The predicted octanol–water partition coefficient (Wildman–Crippen LogP) is 9.01. The molecule has 2 atom stereocenters. The van der Waals surface area contributed by atoms with Crippen molar-refractivity contribution in [3.8, 4) is 11.4 Å². The van der Waals surface area contributed by atoms with Crippen LogP contribution in [0.4, 0.5) is 40.8 Å². The Kier molecular flexibility index (Phi) is 11.3. The summed E-state index contributed by atoms with van der Waals surface area (Å²) in [5.41, 5.74) is 3.74. The lowest BCUT2D eigenvalue weighted by Gasteiger charge is -2.14. The number of nitrogens with zero attached hydrogens (tertiary/aromatic N) is 12. The van der Waals surface area contributed by atoms with Crippen LogP contribution in [-0.4, -0.2) is 59.1 Å². The zero-order valence-electron chi connectivity index (χ0n) is 33.9. The van der Waals surface area contributed by atoms with E-state index in [9.17, 15) is 17.6 Å². The molecule has 0 amide bonds. The van der Waals surface area contributed by atoms with E-state index in [-0.39, 0.29) is 23.5 Å². The Morgan fingerprint density at radius 1 is 0.516 bits per heavy atom. The van der Waals surface area contributed by atoms with Gasteiger partial charge in [-0.1, -0.05) is 37.1 Å². The summed E-state index contributed by atoms with van der Waals surface area (Å²) in [6.07, 6.45) is 8.88. The van der Waals surface area contributed by atoms with Crippen molar-refractivity contribution in [1.82, 2.24) is 59.1 Å². The fourth-order valence-electron chi connectivity index (χ4n) is 7.88. The van der Waals surface area contributed by atoms with Crippen molar-refractivity contribution < 1.29 is 17.6 Å².